The molecule has 0 amide bonds. The van der Waals surface area contributed by atoms with E-state index in [0.29, 0.717) is 13.0 Å². The van der Waals surface area contributed by atoms with Gasteiger partial charge in [-0.1, -0.05) is 12.1 Å². The van der Waals surface area contributed by atoms with Gasteiger partial charge in [-0.15, -0.1) is 0 Å². The van der Waals surface area contributed by atoms with E-state index in [0.717, 1.165) is 5.56 Å². The summed E-state index contributed by atoms with van der Waals surface area (Å²) in [5.74, 6) is 0.257. The van der Waals surface area contributed by atoms with Gasteiger partial charge < -0.3 is 10.5 Å². The van der Waals surface area contributed by atoms with Crippen LogP contribution in [0.15, 0.2) is 18.2 Å². The van der Waals surface area contributed by atoms with Crippen LogP contribution in [-0.4, -0.2) is 13.7 Å². The quantitative estimate of drug-likeness (QED) is 0.809. The molecule has 0 bridgehead atoms. The van der Waals surface area contributed by atoms with Gasteiger partial charge in [0.1, 0.15) is 5.75 Å². The molecule has 0 heterocycles. The van der Waals surface area contributed by atoms with E-state index < -0.39 is 6.43 Å². The lowest BCUT2D eigenvalue weighted by Crippen LogP contribution is -2.05. The van der Waals surface area contributed by atoms with Crippen molar-refractivity contribution in [3.8, 4) is 5.75 Å². The first-order valence-corrected chi connectivity index (χ1v) is 4.34. The van der Waals surface area contributed by atoms with Gasteiger partial charge in [0, 0.05) is 0 Å². The molecule has 0 aliphatic heterocycles. The topological polar surface area (TPSA) is 35.2 Å². The summed E-state index contributed by atoms with van der Waals surface area (Å²) in [6.45, 7) is 0.420. The minimum Gasteiger partial charge on any atom is -0.496 e. The van der Waals surface area contributed by atoms with Crippen LogP contribution in [0.5, 0.6) is 5.75 Å². The summed E-state index contributed by atoms with van der Waals surface area (Å²) in [6.07, 6.45) is -1.97. The summed E-state index contributed by atoms with van der Waals surface area (Å²) in [5.41, 5.74) is 6.03. The number of halogens is 2. The predicted octanol–water partition coefficient (Wildman–Crippen LogP) is 2.13. The molecule has 2 N–H and O–H groups in total. The fourth-order valence-electron chi connectivity index (χ4n) is 1.38. The smallest absolute Gasteiger partial charge is 0.267 e. The number of hydrogen-bond donors (Lipinski definition) is 1. The summed E-state index contributed by atoms with van der Waals surface area (Å²) >= 11 is 0. The summed E-state index contributed by atoms with van der Waals surface area (Å²) in [4.78, 5) is 0. The van der Waals surface area contributed by atoms with Crippen LogP contribution in [0, 0.1) is 0 Å². The van der Waals surface area contributed by atoms with E-state index in [4.69, 9.17) is 10.5 Å². The molecular formula is C10H13F2NO. The first-order chi connectivity index (χ1) is 6.70. The van der Waals surface area contributed by atoms with Crippen molar-refractivity contribution in [2.75, 3.05) is 13.7 Å². The number of benzene rings is 1. The maximum absolute atomic E-state index is 12.5. The van der Waals surface area contributed by atoms with Crippen molar-refractivity contribution >= 4 is 0 Å². The molecule has 0 fully saturated rings. The molecule has 14 heavy (non-hydrogen) atoms. The van der Waals surface area contributed by atoms with Crippen LogP contribution >= 0.6 is 0 Å². The maximum atomic E-state index is 12.5. The third-order valence-electron chi connectivity index (χ3n) is 1.98. The summed E-state index contributed by atoms with van der Waals surface area (Å²) in [6, 6.07) is 4.70. The van der Waals surface area contributed by atoms with Crippen molar-refractivity contribution in [3.63, 3.8) is 0 Å². The minimum atomic E-state index is -2.51. The average molecular weight is 201 g/mol. The van der Waals surface area contributed by atoms with E-state index in [2.05, 4.69) is 0 Å². The third kappa shape index (κ3) is 2.20. The monoisotopic (exact) mass is 201 g/mol. The fraction of sp³-hybridized carbons (Fsp3) is 0.400. The Labute approximate surface area is 81.7 Å². The highest BCUT2D eigenvalue weighted by molar-refractivity contribution is 5.42. The van der Waals surface area contributed by atoms with Gasteiger partial charge >= 0.3 is 0 Å². The summed E-state index contributed by atoms with van der Waals surface area (Å²) in [7, 11) is 1.39. The van der Waals surface area contributed by atoms with E-state index >= 15 is 0 Å². The van der Waals surface area contributed by atoms with Crippen molar-refractivity contribution in [2.24, 2.45) is 5.73 Å². The largest absolute Gasteiger partial charge is 0.496 e. The number of alkyl halides is 2. The molecule has 0 aromatic heterocycles. The van der Waals surface area contributed by atoms with Crippen molar-refractivity contribution < 1.29 is 13.5 Å². The lowest BCUT2D eigenvalue weighted by atomic mass is 10.1. The van der Waals surface area contributed by atoms with Crippen LogP contribution in [-0.2, 0) is 6.42 Å². The summed E-state index contributed by atoms with van der Waals surface area (Å²) in [5, 5.41) is 0. The highest BCUT2D eigenvalue weighted by atomic mass is 19.3. The van der Waals surface area contributed by atoms with Gasteiger partial charge in [0.25, 0.3) is 6.43 Å². The average Bonchev–Trinajstić information content (AvgIpc) is 2.18. The molecule has 0 radical (unpaired) electrons. The van der Waals surface area contributed by atoms with Crippen molar-refractivity contribution in [3.05, 3.63) is 29.3 Å². The molecule has 0 spiro atoms. The molecule has 1 rings (SSSR count). The Morgan fingerprint density at radius 2 is 2.14 bits per heavy atom. The second-order valence-electron chi connectivity index (χ2n) is 2.88. The molecule has 2 nitrogen and oxygen atoms in total. The van der Waals surface area contributed by atoms with Gasteiger partial charge in [-0.3, -0.25) is 0 Å². The third-order valence-corrected chi connectivity index (χ3v) is 1.98. The molecule has 1 aromatic carbocycles. The molecule has 0 aliphatic carbocycles. The van der Waals surface area contributed by atoms with Gasteiger partial charge in [0.15, 0.2) is 0 Å². The van der Waals surface area contributed by atoms with Gasteiger partial charge in [0.05, 0.1) is 12.7 Å². The minimum absolute atomic E-state index is 0.0709. The number of hydrogen-bond acceptors (Lipinski definition) is 2. The lowest BCUT2D eigenvalue weighted by Gasteiger charge is -2.12. The number of rotatable bonds is 4. The van der Waals surface area contributed by atoms with Crippen molar-refractivity contribution in [2.45, 2.75) is 12.8 Å². The fourth-order valence-corrected chi connectivity index (χ4v) is 1.38. The molecule has 0 atom stereocenters. The first kappa shape index (κ1) is 10.9. The zero-order chi connectivity index (χ0) is 10.6. The van der Waals surface area contributed by atoms with E-state index in [-0.39, 0.29) is 11.3 Å². The van der Waals surface area contributed by atoms with Gasteiger partial charge in [0.2, 0.25) is 0 Å². The van der Waals surface area contributed by atoms with Gasteiger partial charge in [-0.05, 0) is 24.6 Å². The maximum Gasteiger partial charge on any atom is 0.267 e. The van der Waals surface area contributed by atoms with Crippen LogP contribution < -0.4 is 10.5 Å². The number of ether oxygens (including phenoxy) is 1. The van der Waals surface area contributed by atoms with Crippen molar-refractivity contribution in [1.29, 1.82) is 0 Å². The Bertz CT molecular complexity index is 302. The number of nitrogens with two attached hydrogens (primary N) is 1. The SMILES string of the molecule is COc1c(CCN)cccc1C(F)F. The van der Waals surface area contributed by atoms with Crippen LogP contribution in [0.3, 0.4) is 0 Å². The highest BCUT2D eigenvalue weighted by Gasteiger charge is 2.15. The highest BCUT2D eigenvalue weighted by Crippen LogP contribution is 2.31. The first-order valence-electron chi connectivity index (χ1n) is 4.34. The Balaban J connectivity index is 3.11. The van der Waals surface area contributed by atoms with Gasteiger partial charge in [-0.25, -0.2) is 8.78 Å². The Hall–Kier alpha value is -1.16. The van der Waals surface area contributed by atoms with Crippen LogP contribution in [0.2, 0.25) is 0 Å². The Morgan fingerprint density at radius 1 is 1.43 bits per heavy atom. The number of para-hydroxylation sites is 1. The van der Waals surface area contributed by atoms with Crippen LogP contribution in [0.1, 0.15) is 17.6 Å². The van der Waals surface area contributed by atoms with Gasteiger partial charge in [-0.2, -0.15) is 0 Å². The molecule has 4 heteroatoms. The standard InChI is InChI=1S/C10H13F2NO/c1-14-9-7(5-6-13)3-2-4-8(9)10(11)12/h2-4,10H,5-6,13H2,1H3. The van der Waals surface area contributed by atoms with E-state index in [1.807, 2.05) is 0 Å². The lowest BCUT2D eigenvalue weighted by molar-refractivity contribution is 0.147. The molecule has 78 valence electrons. The molecule has 1 aromatic rings. The van der Waals surface area contributed by atoms with E-state index in [1.165, 1.54) is 13.2 Å². The number of methoxy groups -OCH3 is 1. The van der Waals surface area contributed by atoms with Crippen LogP contribution in [0.25, 0.3) is 0 Å². The molecule has 0 aliphatic rings. The second kappa shape index (κ2) is 4.91. The van der Waals surface area contributed by atoms with E-state index in [1.54, 1.807) is 12.1 Å². The molecule has 0 unspecified atom stereocenters. The van der Waals surface area contributed by atoms with E-state index in [9.17, 15) is 8.78 Å². The normalized spacial score (nSPS) is 10.6. The zero-order valence-corrected chi connectivity index (χ0v) is 7.97. The van der Waals surface area contributed by atoms with Crippen molar-refractivity contribution in [1.82, 2.24) is 0 Å². The van der Waals surface area contributed by atoms with Crippen LogP contribution in [0.4, 0.5) is 8.78 Å². The Morgan fingerprint density at radius 3 is 2.64 bits per heavy atom. The summed E-state index contributed by atoms with van der Waals surface area (Å²) < 4.78 is 30.0. The zero-order valence-electron chi connectivity index (χ0n) is 7.97. The second-order valence-corrected chi connectivity index (χ2v) is 2.88. The molecule has 0 saturated heterocycles. The predicted molar refractivity (Wildman–Crippen MR) is 50.7 cm³/mol. The Kier molecular flexibility index (Phi) is 3.83. The molecule has 0 saturated carbocycles. The molecular weight excluding hydrogens is 188 g/mol.